The van der Waals surface area contributed by atoms with Crippen molar-refractivity contribution in [2.45, 2.75) is 20.1 Å². The smallest absolute Gasteiger partial charge is 0.258 e. The summed E-state index contributed by atoms with van der Waals surface area (Å²) in [7, 11) is 0. The average Bonchev–Trinajstić information content (AvgIpc) is 3.50. The van der Waals surface area contributed by atoms with E-state index in [-0.39, 0.29) is 12.4 Å². The predicted molar refractivity (Wildman–Crippen MR) is 118 cm³/mol. The van der Waals surface area contributed by atoms with Gasteiger partial charge in [-0.2, -0.15) is 4.98 Å². The van der Waals surface area contributed by atoms with E-state index >= 15 is 0 Å². The summed E-state index contributed by atoms with van der Waals surface area (Å²) in [4.78, 5) is 8.73. The second kappa shape index (κ2) is 8.99. The Kier molecular flexibility index (Phi) is 5.59. The first kappa shape index (κ1) is 20.5. The van der Waals surface area contributed by atoms with Crippen molar-refractivity contribution in [3.63, 3.8) is 0 Å². The lowest BCUT2D eigenvalue weighted by atomic mass is 10.2. The van der Waals surface area contributed by atoms with Gasteiger partial charge >= 0.3 is 0 Å². The van der Waals surface area contributed by atoms with Gasteiger partial charge in [-0.25, -0.2) is 9.07 Å². The van der Waals surface area contributed by atoms with Crippen molar-refractivity contribution in [3.8, 4) is 28.6 Å². The quantitative estimate of drug-likeness (QED) is 0.367. The molecule has 0 atom stereocenters. The normalized spacial score (nSPS) is 11.0. The molecule has 33 heavy (non-hydrogen) atoms. The zero-order valence-corrected chi connectivity index (χ0v) is 17.7. The Bertz CT molecular complexity index is 1360. The van der Waals surface area contributed by atoms with Gasteiger partial charge in [-0.3, -0.25) is 4.98 Å². The molecule has 0 fully saturated rings. The van der Waals surface area contributed by atoms with Crippen molar-refractivity contribution >= 4 is 0 Å². The molecule has 0 radical (unpaired) electrons. The van der Waals surface area contributed by atoms with Crippen molar-refractivity contribution in [1.82, 2.24) is 30.1 Å². The molecular weight excluding hydrogens is 423 g/mol. The summed E-state index contributed by atoms with van der Waals surface area (Å²) in [6.45, 7) is 2.67. The number of nitrogens with zero attached hydrogens (tertiary/aromatic N) is 6. The molecule has 0 N–H and O–H groups in total. The van der Waals surface area contributed by atoms with E-state index in [1.165, 1.54) is 12.1 Å². The first-order chi connectivity index (χ1) is 16.1. The van der Waals surface area contributed by atoms with Crippen molar-refractivity contribution < 1.29 is 13.7 Å². The van der Waals surface area contributed by atoms with E-state index in [4.69, 9.17) is 9.26 Å². The zero-order valence-electron chi connectivity index (χ0n) is 17.7. The average molecular weight is 442 g/mol. The number of ether oxygens (including phenoxy) is 1. The Morgan fingerprint density at radius 2 is 1.91 bits per heavy atom. The lowest BCUT2D eigenvalue weighted by molar-refractivity contribution is 0.301. The van der Waals surface area contributed by atoms with Crippen LogP contribution in [0.5, 0.6) is 5.75 Å². The number of pyridine rings is 1. The van der Waals surface area contributed by atoms with Crippen molar-refractivity contribution in [2.75, 3.05) is 0 Å². The van der Waals surface area contributed by atoms with Crippen LogP contribution < -0.4 is 4.74 Å². The van der Waals surface area contributed by atoms with E-state index in [1.54, 1.807) is 29.2 Å². The number of aromatic nitrogens is 6. The lowest BCUT2D eigenvalue weighted by Crippen LogP contribution is -2.00. The second-order valence-electron chi connectivity index (χ2n) is 7.46. The summed E-state index contributed by atoms with van der Waals surface area (Å²) in [6, 6.07) is 17.5. The summed E-state index contributed by atoms with van der Waals surface area (Å²) < 4.78 is 26.0. The van der Waals surface area contributed by atoms with Crippen molar-refractivity contribution in [3.05, 3.63) is 95.8 Å². The molecular formula is C24H19FN6O2. The highest BCUT2D eigenvalue weighted by Crippen LogP contribution is 2.25. The van der Waals surface area contributed by atoms with Crippen LogP contribution in [0, 0.1) is 12.7 Å². The molecule has 9 heteroatoms. The van der Waals surface area contributed by atoms with Gasteiger partial charge < -0.3 is 9.26 Å². The highest BCUT2D eigenvalue weighted by molar-refractivity contribution is 5.60. The monoisotopic (exact) mass is 442 g/mol. The molecule has 164 valence electrons. The zero-order chi connectivity index (χ0) is 22.6. The minimum absolute atomic E-state index is 0.247. The van der Waals surface area contributed by atoms with Crippen molar-refractivity contribution in [2.24, 2.45) is 0 Å². The van der Waals surface area contributed by atoms with Crippen LogP contribution in [0.1, 0.15) is 17.0 Å². The predicted octanol–water partition coefficient (Wildman–Crippen LogP) is 4.46. The molecule has 0 aliphatic carbocycles. The first-order valence-electron chi connectivity index (χ1n) is 10.3. The van der Waals surface area contributed by atoms with Gasteiger partial charge in [0.25, 0.3) is 5.89 Å². The molecule has 0 aliphatic heterocycles. The van der Waals surface area contributed by atoms with Crippen LogP contribution in [0.15, 0.2) is 77.6 Å². The molecule has 5 rings (SSSR count). The Labute approximate surface area is 188 Å². The Morgan fingerprint density at radius 3 is 2.73 bits per heavy atom. The Hall–Kier alpha value is -4.40. The maximum absolute atomic E-state index is 13.1. The summed E-state index contributed by atoms with van der Waals surface area (Å²) in [5, 5.41) is 12.3. The number of rotatable bonds is 7. The van der Waals surface area contributed by atoms with Crippen LogP contribution >= 0.6 is 0 Å². The van der Waals surface area contributed by atoms with Crippen LogP contribution in [0.2, 0.25) is 0 Å². The minimum Gasteiger partial charge on any atom is -0.487 e. The van der Waals surface area contributed by atoms with Crippen LogP contribution in [0.25, 0.3) is 22.8 Å². The molecule has 0 bridgehead atoms. The van der Waals surface area contributed by atoms with E-state index in [0.717, 1.165) is 22.4 Å². The molecule has 0 spiro atoms. The SMILES string of the molecule is Cc1ccc(-c2noc(-c3cccc(OCc4cn(Cc5ccc(F)cc5)nn4)c3)n2)cn1. The number of hydrogen-bond donors (Lipinski definition) is 0. The van der Waals surface area contributed by atoms with Crippen LogP contribution in [0.4, 0.5) is 4.39 Å². The van der Waals surface area contributed by atoms with Gasteiger partial charge in [-0.15, -0.1) is 5.10 Å². The molecule has 3 aromatic heterocycles. The maximum atomic E-state index is 13.1. The molecule has 0 unspecified atom stereocenters. The van der Waals surface area contributed by atoms with Gasteiger partial charge in [-0.05, 0) is 55.0 Å². The fraction of sp³-hybridized carbons (Fsp3) is 0.125. The fourth-order valence-electron chi connectivity index (χ4n) is 3.19. The van der Waals surface area contributed by atoms with E-state index in [1.807, 2.05) is 43.3 Å². The first-order valence-corrected chi connectivity index (χ1v) is 10.3. The molecule has 0 saturated carbocycles. The maximum Gasteiger partial charge on any atom is 0.258 e. The largest absolute Gasteiger partial charge is 0.487 e. The molecule has 2 aromatic carbocycles. The van der Waals surface area contributed by atoms with E-state index < -0.39 is 0 Å². The minimum atomic E-state index is -0.266. The van der Waals surface area contributed by atoms with Crippen LogP contribution in [0.3, 0.4) is 0 Å². The molecule has 5 aromatic rings. The summed E-state index contributed by atoms with van der Waals surface area (Å²) >= 11 is 0. The summed E-state index contributed by atoms with van der Waals surface area (Å²) in [5.74, 6) is 1.23. The van der Waals surface area contributed by atoms with Gasteiger partial charge in [0, 0.05) is 23.0 Å². The van der Waals surface area contributed by atoms with E-state index in [0.29, 0.717) is 29.7 Å². The van der Waals surface area contributed by atoms with E-state index in [9.17, 15) is 4.39 Å². The molecule has 8 nitrogen and oxygen atoms in total. The third-order valence-electron chi connectivity index (χ3n) is 4.91. The molecule has 0 saturated heterocycles. The standard InChI is InChI=1S/C24H19FN6O2/c1-16-5-8-19(12-26-16)23-27-24(33-29-23)18-3-2-4-22(11-18)32-15-21-14-31(30-28-21)13-17-6-9-20(25)10-7-17/h2-12,14H,13,15H2,1H3. The third kappa shape index (κ3) is 4.93. The fourth-order valence-corrected chi connectivity index (χ4v) is 3.19. The van der Waals surface area contributed by atoms with Crippen LogP contribution in [-0.4, -0.2) is 30.1 Å². The van der Waals surface area contributed by atoms with Gasteiger partial charge in [0.2, 0.25) is 5.82 Å². The van der Waals surface area contributed by atoms with Crippen LogP contribution in [-0.2, 0) is 13.2 Å². The van der Waals surface area contributed by atoms with E-state index in [2.05, 4.69) is 25.4 Å². The lowest BCUT2D eigenvalue weighted by Gasteiger charge is -2.04. The van der Waals surface area contributed by atoms with Gasteiger partial charge in [0.15, 0.2) is 0 Å². The summed E-state index contributed by atoms with van der Waals surface area (Å²) in [5.41, 5.74) is 4.05. The third-order valence-corrected chi connectivity index (χ3v) is 4.91. The molecule has 0 aliphatic rings. The number of aryl methyl sites for hydroxylation is 1. The van der Waals surface area contributed by atoms with Gasteiger partial charge in [0.1, 0.15) is 23.9 Å². The molecule has 3 heterocycles. The highest BCUT2D eigenvalue weighted by atomic mass is 19.1. The second-order valence-corrected chi connectivity index (χ2v) is 7.46. The van der Waals surface area contributed by atoms with Gasteiger partial charge in [-0.1, -0.05) is 28.6 Å². The Morgan fingerprint density at radius 1 is 1.03 bits per heavy atom. The molecule has 0 amide bonds. The topological polar surface area (TPSA) is 91.8 Å². The van der Waals surface area contributed by atoms with Crippen molar-refractivity contribution in [1.29, 1.82) is 0 Å². The van der Waals surface area contributed by atoms with Gasteiger partial charge in [0.05, 0.1) is 12.7 Å². The number of halogens is 1. The number of benzene rings is 2. The number of hydrogen-bond acceptors (Lipinski definition) is 7. The summed E-state index contributed by atoms with van der Waals surface area (Å²) in [6.07, 6.45) is 3.51. The highest BCUT2D eigenvalue weighted by Gasteiger charge is 2.12. The Balaban J connectivity index is 1.24.